The maximum absolute atomic E-state index is 13.2. The van der Waals surface area contributed by atoms with Crippen molar-refractivity contribution in [3.05, 3.63) is 29.6 Å². The van der Waals surface area contributed by atoms with Crippen LogP contribution in [0.2, 0.25) is 0 Å². The fourth-order valence-electron chi connectivity index (χ4n) is 1.48. The maximum Gasteiger partial charge on any atom is 0.241 e. The highest BCUT2D eigenvalue weighted by Crippen LogP contribution is 2.16. The number of rotatable bonds is 5. The summed E-state index contributed by atoms with van der Waals surface area (Å²) in [6.07, 6.45) is 0. The van der Waals surface area contributed by atoms with Crippen LogP contribution in [-0.2, 0) is 11.3 Å². The van der Waals surface area contributed by atoms with Gasteiger partial charge in [0.2, 0.25) is 5.91 Å². The van der Waals surface area contributed by atoms with Crippen molar-refractivity contribution in [1.29, 1.82) is 0 Å². The number of aromatic hydroxyl groups is 1. The van der Waals surface area contributed by atoms with Gasteiger partial charge in [-0.25, -0.2) is 9.38 Å². The molecule has 0 aliphatic heterocycles. The predicted octanol–water partition coefficient (Wildman–Crippen LogP) is 1.29. The molecule has 0 heterocycles. The third-order valence-electron chi connectivity index (χ3n) is 2.68. The zero-order chi connectivity index (χ0) is 15.8. The van der Waals surface area contributed by atoms with Gasteiger partial charge in [-0.1, -0.05) is 6.07 Å². The van der Waals surface area contributed by atoms with E-state index in [4.69, 9.17) is 5.11 Å². The number of benzene rings is 1. The number of hydrogen-bond acceptors (Lipinski definition) is 3. The van der Waals surface area contributed by atoms with Gasteiger partial charge in [0.15, 0.2) is 17.5 Å². The molecule has 0 spiro atoms. The number of aliphatic imine (C=N–C) groups is 1. The molecule has 0 saturated carbocycles. The largest absolute Gasteiger partial charge is 0.505 e. The number of likely N-dealkylation sites (N-methyl/N-ethyl adjacent to an activating group) is 1. The molecule has 0 aliphatic carbocycles. The Morgan fingerprint density at radius 3 is 2.59 bits per heavy atom. The zero-order valence-corrected chi connectivity index (χ0v) is 15.2. The summed E-state index contributed by atoms with van der Waals surface area (Å²) in [6.45, 7) is 2.92. The number of phenolic OH excluding ortho intramolecular Hbond substituents is 1. The summed E-state index contributed by atoms with van der Waals surface area (Å²) in [6, 6.07) is 4.11. The van der Waals surface area contributed by atoms with Crippen LogP contribution in [0.1, 0.15) is 12.5 Å². The zero-order valence-electron chi connectivity index (χ0n) is 12.9. The van der Waals surface area contributed by atoms with E-state index in [1.165, 1.54) is 17.0 Å². The molecule has 0 atom stereocenters. The van der Waals surface area contributed by atoms with Gasteiger partial charge in [-0.2, -0.15) is 0 Å². The standard InChI is InChI=1S/C14H21FN4O2.HI/c1-4-16-14(18-9-13(21)19(2)3)17-8-10-5-6-12(20)11(15)7-10;/h5-7,20H,4,8-9H2,1-3H3,(H2,16,17,18);1H. The number of amides is 1. The quantitative estimate of drug-likeness (QED) is 0.379. The number of halogens is 2. The third kappa shape index (κ3) is 6.92. The Hall–Kier alpha value is -1.58. The van der Waals surface area contributed by atoms with Crippen molar-refractivity contribution in [2.45, 2.75) is 13.5 Å². The first kappa shape index (κ1) is 20.4. The highest BCUT2D eigenvalue weighted by molar-refractivity contribution is 14.0. The maximum atomic E-state index is 13.2. The topological polar surface area (TPSA) is 77.0 Å². The number of nitrogens with one attached hydrogen (secondary N) is 2. The average molecular weight is 424 g/mol. The first-order valence-electron chi connectivity index (χ1n) is 6.63. The van der Waals surface area contributed by atoms with E-state index in [1.807, 2.05) is 6.92 Å². The van der Waals surface area contributed by atoms with Crippen molar-refractivity contribution in [2.75, 3.05) is 27.2 Å². The van der Waals surface area contributed by atoms with Crippen LogP contribution in [0, 0.1) is 5.82 Å². The lowest BCUT2D eigenvalue weighted by Gasteiger charge is -2.14. The summed E-state index contributed by atoms with van der Waals surface area (Å²) < 4.78 is 13.2. The molecule has 124 valence electrons. The Kier molecular flexibility index (Phi) is 9.46. The second-order valence-electron chi connectivity index (χ2n) is 4.62. The lowest BCUT2D eigenvalue weighted by Crippen LogP contribution is -2.42. The van der Waals surface area contributed by atoms with E-state index < -0.39 is 5.82 Å². The smallest absolute Gasteiger partial charge is 0.241 e. The van der Waals surface area contributed by atoms with Gasteiger partial charge in [-0.05, 0) is 24.6 Å². The van der Waals surface area contributed by atoms with E-state index in [-0.39, 0.29) is 48.7 Å². The third-order valence-corrected chi connectivity index (χ3v) is 2.68. The van der Waals surface area contributed by atoms with E-state index >= 15 is 0 Å². The Morgan fingerprint density at radius 2 is 2.05 bits per heavy atom. The van der Waals surface area contributed by atoms with E-state index in [2.05, 4.69) is 15.6 Å². The minimum Gasteiger partial charge on any atom is -0.505 e. The molecular weight excluding hydrogens is 402 g/mol. The fraction of sp³-hybridized carbons (Fsp3) is 0.429. The molecular formula is C14H22FIN4O2. The molecule has 1 aromatic carbocycles. The van der Waals surface area contributed by atoms with Crippen LogP contribution in [0.3, 0.4) is 0 Å². The van der Waals surface area contributed by atoms with Gasteiger partial charge < -0.3 is 20.6 Å². The Labute approximate surface area is 146 Å². The second-order valence-corrected chi connectivity index (χ2v) is 4.62. The van der Waals surface area contributed by atoms with Gasteiger partial charge in [0.05, 0.1) is 13.1 Å². The Bertz CT molecular complexity index is 524. The van der Waals surface area contributed by atoms with Gasteiger partial charge in [-0.15, -0.1) is 24.0 Å². The minimum atomic E-state index is -0.677. The van der Waals surface area contributed by atoms with Gasteiger partial charge in [0.1, 0.15) is 0 Å². The molecule has 1 aromatic rings. The molecule has 6 nitrogen and oxygen atoms in total. The monoisotopic (exact) mass is 424 g/mol. The van der Waals surface area contributed by atoms with Gasteiger partial charge in [0.25, 0.3) is 0 Å². The number of guanidine groups is 1. The van der Waals surface area contributed by atoms with Crippen LogP contribution in [-0.4, -0.2) is 49.1 Å². The van der Waals surface area contributed by atoms with Gasteiger partial charge >= 0.3 is 0 Å². The highest BCUT2D eigenvalue weighted by Gasteiger charge is 2.06. The van der Waals surface area contributed by atoms with E-state index in [9.17, 15) is 9.18 Å². The van der Waals surface area contributed by atoms with E-state index in [0.29, 0.717) is 18.1 Å². The molecule has 0 bridgehead atoms. The van der Waals surface area contributed by atoms with Crippen molar-refractivity contribution >= 4 is 35.8 Å². The number of carbonyl (C=O) groups excluding carboxylic acids is 1. The summed E-state index contributed by atoms with van der Waals surface area (Å²) in [7, 11) is 3.35. The number of carbonyl (C=O) groups is 1. The molecule has 8 heteroatoms. The SMILES string of the molecule is CCNC(=NCc1ccc(O)c(F)c1)NCC(=O)N(C)C.I. The Balaban J connectivity index is 0.00000441. The molecule has 0 aromatic heterocycles. The molecule has 1 rings (SSSR count). The van der Waals surface area contributed by atoms with Gasteiger partial charge in [0, 0.05) is 20.6 Å². The molecule has 22 heavy (non-hydrogen) atoms. The lowest BCUT2D eigenvalue weighted by atomic mass is 10.2. The van der Waals surface area contributed by atoms with Crippen molar-refractivity contribution in [3.63, 3.8) is 0 Å². The number of hydrogen-bond donors (Lipinski definition) is 3. The second kappa shape index (κ2) is 10.2. The molecule has 3 N–H and O–H groups in total. The van der Waals surface area contributed by atoms with Gasteiger partial charge in [-0.3, -0.25) is 4.79 Å². The number of nitrogens with zero attached hydrogens (tertiary/aromatic N) is 2. The molecule has 0 saturated heterocycles. The average Bonchev–Trinajstić information content (AvgIpc) is 2.45. The van der Waals surface area contributed by atoms with Crippen molar-refractivity contribution in [2.24, 2.45) is 4.99 Å². The lowest BCUT2D eigenvalue weighted by molar-refractivity contribution is -0.127. The van der Waals surface area contributed by atoms with E-state index in [1.54, 1.807) is 20.2 Å². The van der Waals surface area contributed by atoms with Crippen molar-refractivity contribution in [1.82, 2.24) is 15.5 Å². The van der Waals surface area contributed by atoms with Crippen LogP contribution in [0.25, 0.3) is 0 Å². The summed E-state index contributed by atoms with van der Waals surface area (Å²) in [5.41, 5.74) is 0.626. The van der Waals surface area contributed by atoms with Crippen LogP contribution in [0.4, 0.5) is 4.39 Å². The van der Waals surface area contributed by atoms with Crippen LogP contribution in [0.5, 0.6) is 5.75 Å². The summed E-state index contributed by atoms with van der Waals surface area (Å²) in [4.78, 5) is 17.3. The Morgan fingerprint density at radius 1 is 1.36 bits per heavy atom. The summed E-state index contributed by atoms with van der Waals surface area (Å²) in [5, 5.41) is 15.0. The van der Waals surface area contributed by atoms with Crippen molar-refractivity contribution in [3.8, 4) is 5.75 Å². The number of phenols is 1. The molecule has 1 amide bonds. The fourth-order valence-corrected chi connectivity index (χ4v) is 1.48. The summed E-state index contributed by atoms with van der Waals surface area (Å²) in [5.74, 6) is -0.662. The van der Waals surface area contributed by atoms with E-state index in [0.717, 1.165) is 0 Å². The minimum absolute atomic E-state index is 0. The molecule has 0 unspecified atom stereocenters. The molecule has 0 fully saturated rings. The van der Waals surface area contributed by atoms with Crippen LogP contribution < -0.4 is 10.6 Å². The molecule has 0 aliphatic rings. The molecule has 0 radical (unpaired) electrons. The van der Waals surface area contributed by atoms with Crippen LogP contribution in [0.15, 0.2) is 23.2 Å². The van der Waals surface area contributed by atoms with Crippen molar-refractivity contribution < 1.29 is 14.3 Å². The summed E-state index contributed by atoms with van der Waals surface area (Å²) >= 11 is 0. The normalized spacial score (nSPS) is 10.6. The highest BCUT2D eigenvalue weighted by atomic mass is 127. The first-order chi connectivity index (χ1) is 9.93. The predicted molar refractivity (Wildman–Crippen MR) is 95.0 cm³/mol. The van der Waals surface area contributed by atoms with Crippen LogP contribution >= 0.6 is 24.0 Å². The first-order valence-corrected chi connectivity index (χ1v) is 6.63.